The van der Waals surface area contributed by atoms with Crippen LogP contribution in [0.1, 0.15) is 32.4 Å². The number of nitrogens with one attached hydrogen (secondary N) is 2. The summed E-state index contributed by atoms with van der Waals surface area (Å²) in [6, 6.07) is 11.8. The third-order valence-corrected chi connectivity index (χ3v) is 3.98. The maximum absolute atomic E-state index is 12.0. The van der Waals surface area contributed by atoms with E-state index >= 15 is 0 Å². The van der Waals surface area contributed by atoms with E-state index in [1.807, 2.05) is 63.4 Å². The van der Waals surface area contributed by atoms with Crippen molar-refractivity contribution >= 4 is 6.03 Å². The van der Waals surface area contributed by atoms with Crippen LogP contribution in [0.2, 0.25) is 0 Å². The van der Waals surface area contributed by atoms with Crippen molar-refractivity contribution in [1.82, 2.24) is 15.6 Å². The molecule has 1 atom stereocenters. The van der Waals surface area contributed by atoms with Crippen molar-refractivity contribution < 1.29 is 9.53 Å². The fourth-order valence-corrected chi connectivity index (χ4v) is 2.19. The molecule has 0 fully saturated rings. The Morgan fingerprint density at radius 3 is 2.50 bits per heavy atom. The number of carbonyl (C=O) groups is 1. The molecule has 2 N–H and O–H groups in total. The molecule has 1 aromatic heterocycles. The SMILES string of the molecule is COC(C)(C)CNC(=O)N[C@H](C)c1ccc(-c2cccnc2)cc1. The first-order valence-electron chi connectivity index (χ1n) is 8.01. The number of hydrogen-bond donors (Lipinski definition) is 2. The lowest BCUT2D eigenvalue weighted by atomic mass is 10.0. The average Bonchev–Trinajstić information content (AvgIpc) is 2.61. The molecular formula is C19H25N3O2. The molecule has 1 heterocycles. The Balaban J connectivity index is 1.93. The summed E-state index contributed by atoms with van der Waals surface area (Å²) in [6.45, 7) is 6.25. The van der Waals surface area contributed by atoms with Crippen LogP contribution in [0.15, 0.2) is 48.8 Å². The van der Waals surface area contributed by atoms with E-state index < -0.39 is 0 Å². The number of ether oxygens (including phenoxy) is 1. The molecule has 0 saturated carbocycles. The Morgan fingerprint density at radius 1 is 1.21 bits per heavy atom. The van der Waals surface area contributed by atoms with Crippen molar-refractivity contribution in [1.29, 1.82) is 0 Å². The van der Waals surface area contributed by atoms with Gasteiger partial charge in [-0.05, 0) is 43.5 Å². The summed E-state index contributed by atoms with van der Waals surface area (Å²) >= 11 is 0. The molecule has 0 spiro atoms. The van der Waals surface area contributed by atoms with E-state index in [9.17, 15) is 4.79 Å². The minimum atomic E-state index is -0.383. The van der Waals surface area contributed by atoms with Crippen molar-refractivity contribution in [2.24, 2.45) is 0 Å². The molecule has 0 aliphatic rings. The number of urea groups is 1. The fourth-order valence-electron chi connectivity index (χ4n) is 2.19. The van der Waals surface area contributed by atoms with E-state index in [4.69, 9.17) is 4.74 Å². The van der Waals surface area contributed by atoms with Crippen molar-refractivity contribution in [3.8, 4) is 11.1 Å². The first-order valence-corrected chi connectivity index (χ1v) is 8.01. The molecule has 0 aliphatic heterocycles. The van der Waals surface area contributed by atoms with Gasteiger partial charge in [0.15, 0.2) is 0 Å². The van der Waals surface area contributed by atoms with E-state index in [1.165, 1.54) is 0 Å². The molecule has 0 saturated heterocycles. The number of pyridine rings is 1. The minimum absolute atomic E-state index is 0.0846. The lowest BCUT2D eigenvalue weighted by Crippen LogP contribution is -2.44. The second-order valence-electron chi connectivity index (χ2n) is 6.38. The summed E-state index contributed by atoms with van der Waals surface area (Å²) in [5.41, 5.74) is 2.84. The van der Waals surface area contributed by atoms with Crippen LogP contribution in [-0.4, -0.2) is 30.3 Å². The highest BCUT2D eigenvalue weighted by atomic mass is 16.5. The van der Waals surface area contributed by atoms with Gasteiger partial charge in [-0.15, -0.1) is 0 Å². The number of amides is 2. The van der Waals surface area contributed by atoms with Crippen molar-refractivity contribution in [3.63, 3.8) is 0 Å². The molecule has 0 radical (unpaired) electrons. The molecule has 0 unspecified atom stereocenters. The fraction of sp³-hybridized carbons (Fsp3) is 0.368. The van der Waals surface area contributed by atoms with Gasteiger partial charge in [-0.3, -0.25) is 4.98 Å². The smallest absolute Gasteiger partial charge is 0.315 e. The second-order valence-corrected chi connectivity index (χ2v) is 6.38. The molecule has 2 rings (SSSR count). The summed E-state index contributed by atoms with van der Waals surface area (Å²) in [5.74, 6) is 0. The van der Waals surface area contributed by atoms with Gasteiger partial charge in [0.1, 0.15) is 0 Å². The van der Waals surface area contributed by atoms with Gasteiger partial charge in [0.25, 0.3) is 0 Å². The van der Waals surface area contributed by atoms with Gasteiger partial charge in [-0.25, -0.2) is 4.79 Å². The standard InChI is InChI=1S/C19H25N3O2/c1-14(22-18(23)21-13-19(2,3)24-4)15-7-9-16(10-8-15)17-6-5-11-20-12-17/h5-12,14H,13H2,1-4H3,(H2,21,22,23)/t14-/m1/s1. The van der Waals surface area contributed by atoms with Gasteiger partial charge in [-0.1, -0.05) is 30.3 Å². The average molecular weight is 327 g/mol. The van der Waals surface area contributed by atoms with Crippen molar-refractivity contribution in [3.05, 3.63) is 54.4 Å². The van der Waals surface area contributed by atoms with Crippen molar-refractivity contribution in [2.75, 3.05) is 13.7 Å². The molecule has 5 heteroatoms. The van der Waals surface area contributed by atoms with E-state index in [1.54, 1.807) is 13.3 Å². The Labute approximate surface area is 143 Å². The van der Waals surface area contributed by atoms with Crippen LogP contribution in [0.25, 0.3) is 11.1 Å². The first kappa shape index (κ1) is 17.9. The quantitative estimate of drug-likeness (QED) is 0.853. The summed E-state index contributed by atoms with van der Waals surface area (Å²) < 4.78 is 5.29. The van der Waals surface area contributed by atoms with Crippen LogP contribution in [0, 0.1) is 0 Å². The number of nitrogens with zero attached hydrogens (tertiary/aromatic N) is 1. The van der Waals surface area contributed by atoms with Crippen LogP contribution in [0.3, 0.4) is 0 Å². The van der Waals surface area contributed by atoms with Gasteiger partial charge in [0.2, 0.25) is 0 Å². The van der Waals surface area contributed by atoms with Crippen LogP contribution < -0.4 is 10.6 Å². The molecule has 2 aromatic rings. The lowest BCUT2D eigenvalue weighted by molar-refractivity contribution is 0.0253. The van der Waals surface area contributed by atoms with Crippen LogP contribution in [0.5, 0.6) is 0 Å². The largest absolute Gasteiger partial charge is 0.377 e. The molecule has 24 heavy (non-hydrogen) atoms. The van der Waals surface area contributed by atoms with E-state index in [0.717, 1.165) is 16.7 Å². The number of methoxy groups -OCH3 is 1. The number of hydrogen-bond acceptors (Lipinski definition) is 3. The number of carbonyl (C=O) groups excluding carboxylic acids is 1. The lowest BCUT2D eigenvalue weighted by Gasteiger charge is -2.24. The van der Waals surface area contributed by atoms with Crippen LogP contribution in [0.4, 0.5) is 4.79 Å². The van der Waals surface area contributed by atoms with E-state index in [-0.39, 0.29) is 17.7 Å². The Kier molecular flexibility index (Phi) is 5.93. The van der Waals surface area contributed by atoms with E-state index in [2.05, 4.69) is 15.6 Å². The maximum atomic E-state index is 12.0. The normalized spacial score (nSPS) is 12.5. The third kappa shape index (κ3) is 5.06. The van der Waals surface area contributed by atoms with Gasteiger partial charge in [0, 0.05) is 26.0 Å². The van der Waals surface area contributed by atoms with Crippen LogP contribution in [-0.2, 0) is 4.74 Å². The summed E-state index contributed by atoms with van der Waals surface area (Å²) in [6.07, 6.45) is 3.59. The molecule has 5 nitrogen and oxygen atoms in total. The first-order chi connectivity index (χ1) is 11.4. The molecule has 0 aliphatic carbocycles. The van der Waals surface area contributed by atoms with Gasteiger partial charge >= 0.3 is 6.03 Å². The third-order valence-electron chi connectivity index (χ3n) is 3.98. The van der Waals surface area contributed by atoms with Gasteiger partial charge in [-0.2, -0.15) is 0 Å². The number of aromatic nitrogens is 1. The maximum Gasteiger partial charge on any atom is 0.315 e. The predicted octanol–water partition coefficient (Wildman–Crippen LogP) is 3.53. The van der Waals surface area contributed by atoms with Gasteiger partial charge < -0.3 is 15.4 Å². The highest BCUT2D eigenvalue weighted by Crippen LogP contribution is 2.21. The Hall–Kier alpha value is -2.40. The molecular weight excluding hydrogens is 302 g/mol. The topological polar surface area (TPSA) is 63.2 Å². The van der Waals surface area contributed by atoms with Crippen LogP contribution >= 0.6 is 0 Å². The summed E-state index contributed by atoms with van der Waals surface area (Å²) in [5, 5.41) is 5.76. The highest BCUT2D eigenvalue weighted by molar-refractivity contribution is 5.74. The number of benzene rings is 1. The Morgan fingerprint density at radius 2 is 1.92 bits per heavy atom. The predicted molar refractivity (Wildman–Crippen MR) is 95.7 cm³/mol. The molecule has 128 valence electrons. The summed E-state index contributed by atoms with van der Waals surface area (Å²) in [7, 11) is 1.63. The van der Waals surface area contributed by atoms with Crippen molar-refractivity contribution in [2.45, 2.75) is 32.4 Å². The number of rotatable bonds is 6. The zero-order chi connectivity index (χ0) is 17.6. The monoisotopic (exact) mass is 327 g/mol. The molecule has 2 amide bonds. The molecule has 1 aromatic carbocycles. The van der Waals surface area contributed by atoms with Gasteiger partial charge in [0.05, 0.1) is 11.6 Å². The van der Waals surface area contributed by atoms with E-state index in [0.29, 0.717) is 6.54 Å². The zero-order valence-corrected chi connectivity index (χ0v) is 14.7. The zero-order valence-electron chi connectivity index (χ0n) is 14.7. The second kappa shape index (κ2) is 7.93. The summed E-state index contributed by atoms with van der Waals surface area (Å²) in [4.78, 5) is 16.1. The highest BCUT2D eigenvalue weighted by Gasteiger charge is 2.18. The minimum Gasteiger partial charge on any atom is -0.377 e. The Bertz CT molecular complexity index is 654. The molecule has 0 bridgehead atoms.